The summed E-state index contributed by atoms with van der Waals surface area (Å²) in [5, 5.41) is 0. The van der Waals surface area contributed by atoms with Crippen LogP contribution in [0.5, 0.6) is 0 Å². The van der Waals surface area contributed by atoms with Crippen molar-refractivity contribution in [2.75, 3.05) is 6.61 Å². The molecule has 1 atom stereocenters. The van der Waals surface area contributed by atoms with E-state index in [0.29, 0.717) is 24.0 Å². The highest BCUT2D eigenvalue weighted by atomic mass is 79.9. The van der Waals surface area contributed by atoms with Crippen LogP contribution in [-0.2, 0) is 4.74 Å². The lowest BCUT2D eigenvalue weighted by molar-refractivity contribution is 0.291. The molecule has 4 heteroatoms. The van der Waals surface area contributed by atoms with Gasteiger partial charge in [0.15, 0.2) is 0 Å². The molecule has 1 aliphatic rings. The van der Waals surface area contributed by atoms with Crippen LogP contribution in [0.3, 0.4) is 0 Å². The van der Waals surface area contributed by atoms with Crippen molar-refractivity contribution in [3.05, 3.63) is 34.1 Å². The minimum Gasteiger partial charge on any atom is -0.475 e. The first-order chi connectivity index (χ1) is 7.58. The summed E-state index contributed by atoms with van der Waals surface area (Å²) in [5.41, 5.74) is 0.683. The summed E-state index contributed by atoms with van der Waals surface area (Å²) in [6, 6.07) is 4.68. The summed E-state index contributed by atoms with van der Waals surface area (Å²) in [6.07, 6.45) is 0. The molecule has 0 unspecified atom stereocenters. The smallest absolute Gasteiger partial charge is 0.217 e. The fraction of sp³-hybridized carbons (Fsp3) is 0.417. The van der Waals surface area contributed by atoms with Crippen LogP contribution in [0.25, 0.3) is 0 Å². The van der Waals surface area contributed by atoms with Crippen molar-refractivity contribution >= 4 is 21.8 Å². The quantitative estimate of drug-likeness (QED) is 0.816. The van der Waals surface area contributed by atoms with Gasteiger partial charge < -0.3 is 4.74 Å². The second kappa shape index (κ2) is 4.53. The van der Waals surface area contributed by atoms with E-state index in [1.165, 1.54) is 12.1 Å². The molecule has 0 radical (unpaired) electrons. The Morgan fingerprint density at radius 3 is 2.88 bits per heavy atom. The molecular weight excluding hydrogens is 273 g/mol. The zero-order valence-electron chi connectivity index (χ0n) is 9.21. The van der Waals surface area contributed by atoms with Crippen LogP contribution in [-0.4, -0.2) is 18.5 Å². The van der Waals surface area contributed by atoms with Gasteiger partial charge >= 0.3 is 0 Å². The lowest BCUT2D eigenvalue weighted by Gasteiger charge is -2.06. The third-order valence-corrected chi connectivity index (χ3v) is 3.29. The Labute approximate surface area is 103 Å². The van der Waals surface area contributed by atoms with Gasteiger partial charge in [-0.25, -0.2) is 9.38 Å². The standard InChI is InChI=1S/C12H13BrFNO/c1-7(2)11-6-16-12(15-11)9-5-8(14)3-4-10(9)13/h3-5,7,11H,6H2,1-2H3/t11-/m1/s1. The molecular formula is C12H13BrFNO. The van der Waals surface area contributed by atoms with E-state index in [1.54, 1.807) is 6.07 Å². The first-order valence-electron chi connectivity index (χ1n) is 5.24. The van der Waals surface area contributed by atoms with Crippen LogP contribution in [0.1, 0.15) is 19.4 Å². The van der Waals surface area contributed by atoms with Gasteiger partial charge in [-0.15, -0.1) is 0 Å². The van der Waals surface area contributed by atoms with Crippen molar-refractivity contribution in [3.8, 4) is 0 Å². The largest absolute Gasteiger partial charge is 0.475 e. The number of nitrogens with zero attached hydrogens (tertiary/aromatic N) is 1. The first-order valence-corrected chi connectivity index (χ1v) is 6.03. The summed E-state index contributed by atoms with van der Waals surface area (Å²) in [7, 11) is 0. The van der Waals surface area contributed by atoms with E-state index >= 15 is 0 Å². The minimum absolute atomic E-state index is 0.171. The minimum atomic E-state index is -0.280. The van der Waals surface area contributed by atoms with Gasteiger partial charge in [-0.3, -0.25) is 0 Å². The van der Waals surface area contributed by atoms with Crippen molar-refractivity contribution in [3.63, 3.8) is 0 Å². The van der Waals surface area contributed by atoms with Crippen molar-refractivity contribution in [2.24, 2.45) is 10.9 Å². The Morgan fingerprint density at radius 1 is 1.50 bits per heavy atom. The summed E-state index contributed by atoms with van der Waals surface area (Å²) in [4.78, 5) is 4.46. The molecule has 86 valence electrons. The average Bonchev–Trinajstić information content (AvgIpc) is 2.70. The van der Waals surface area contributed by atoms with E-state index in [2.05, 4.69) is 34.8 Å². The molecule has 0 N–H and O–H groups in total. The Hall–Kier alpha value is -0.900. The van der Waals surface area contributed by atoms with Crippen LogP contribution in [0, 0.1) is 11.7 Å². The molecule has 0 aromatic heterocycles. The molecule has 2 nitrogen and oxygen atoms in total. The van der Waals surface area contributed by atoms with Crippen LogP contribution in [0.15, 0.2) is 27.7 Å². The molecule has 0 fully saturated rings. The zero-order chi connectivity index (χ0) is 11.7. The molecule has 1 heterocycles. The lowest BCUT2D eigenvalue weighted by Crippen LogP contribution is -2.13. The predicted molar refractivity (Wildman–Crippen MR) is 65.2 cm³/mol. The van der Waals surface area contributed by atoms with E-state index in [0.717, 1.165) is 4.47 Å². The maximum Gasteiger partial charge on any atom is 0.217 e. The maximum absolute atomic E-state index is 13.1. The van der Waals surface area contributed by atoms with Crippen molar-refractivity contribution in [2.45, 2.75) is 19.9 Å². The number of halogens is 2. The Kier molecular flexibility index (Phi) is 3.28. The third kappa shape index (κ3) is 2.26. The predicted octanol–water partition coefficient (Wildman–Crippen LogP) is 3.39. The van der Waals surface area contributed by atoms with Gasteiger partial charge in [-0.1, -0.05) is 13.8 Å². The number of benzene rings is 1. The summed E-state index contributed by atoms with van der Waals surface area (Å²) in [6.45, 7) is 4.78. The molecule has 0 bridgehead atoms. The lowest BCUT2D eigenvalue weighted by atomic mass is 10.1. The summed E-state index contributed by atoms with van der Waals surface area (Å²) < 4.78 is 19.4. The Balaban J connectivity index is 2.32. The topological polar surface area (TPSA) is 21.6 Å². The van der Waals surface area contributed by atoms with E-state index in [9.17, 15) is 4.39 Å². The Morgan fingerprint density at radius 2 is 2.25 bits per heavy atom. The highest BCUT2D eigenvalue weighted by Crippen LogP contribution is 2.23. The van der Waals surface area contributed by atoms with E-state index in [4.69, 9.17) is 4.74 Å². The molecule has 0 saturated heterocycles. The number of rotatable bonds is 2. The second-order valence-electron chi connectivity index (χ2n) is 4.18. The monoisotopic (exact) mass is 285 g/mol. The van der Waals surface area contributed by atoms with Gasteiger partial charge in [0.25, 0.3) is 0 Å². The van der Waals surface area contributed by atoms with Gasteiger partial charge in [0, 0.05) is 4.47 Å². The number of aliphatic imine (C=N–C) groups is 1. The fourth-order valence-corrected chi connectivity index (χ4v) is 1.96. The molecule has 0 amide bonds. The number of hydrogen-bond acceptors (Lipinski definition) is 2. The normalized spacial score (nSPS) is 19.8. The maximum atomic E-state index is 13.1. The molecule has 0 saturated carbocycles. The summed E-state index contributed by atoms with van der Waals surface area (Å²) in [5.74, 6) is 0.687. The Bertz CT molecular complexity index is 431. The molecule has 2 rings (SSSR count). The first kappa shape index (κ1) is 11.6. The highest BCUT2D eigenvalue weighted by Gasteiger charge is 2.24. The van der Waals surface area contributed by atoms with Crippen LogP contribution >= 0.6 is 15.9 Å². The number of hydrogen-bond donors (Lipinski definition) is 0. The van der Waals surface area contributed by atoms with E-state index in [1.807, 2.05) is 0 Å². The van der Waals surface area contributed by atoms with E-state index in [-0.39, 0.29) is 11.9 Å². The second-order valence-corrected chi connectivity index (χ2v) is 5.04. The van der Waals surface area contributed by atoms with Gasteiger partial charge in [-0.2, -0.15) is 0 Å². The van der Waals surface area contributed by atoms with Gasteiger partial charge in [0.05, 0.1) is 11.6 Å². The van der Waals surface area contributed by atoms with Gasteiger partial charge in [-0.05, 0) is 40.0 Å². The molecule has 0 spiro atoms. The van der Waals surface area contributed by atoms with Crippen LogP contribution in [0.2, 0.25) is 0 Å². The third-order valence-electron chi connectivity index (χ3n) is 2.60. The van der Waals surface area contributed by atoms with Gasteiger partial charge in [0.2, 0.25) is 5.90 Å². The highest BCUT2D eigenvalue weighted by molar-refractivity contribution is 9.10. The zero-order valence-corrected chi connectivity index (χ0v) is 10.8. The van der Waals surface area contributed by atoms with Crippen molar-refractivity contribution in [1.29, 1.82) is 0 Å². The van der Waals surface area contributed by atoms with E-state index < -0.39 is 0 Å². The SMILES string of the molecule is CC(C)[C@H]1COC(c2cc(F)ccc2Br)=N1. The van der Waals surface area contributed by atoms with Crippen LogP contribution < -0.4 is 0 Å². The molecule has 1 aliphatic heterocycles. The summed E-state index contributed by atoms with van der Waals surface area (Å²) >= 11 is 3.37. The molecule has 1 aromatic carbocycles. The van der Waals surface area contributed by atoms with Crippen molar-refractivity contribution < 1.29 is 9.13 Å². The molecule has 1 aromatic rings. The van der Waals surface area contributed by atoms with Crippen LogP contribution in [0.4, 0.5) is 4.39 Å². The molecule has 16 heavy (non-hydrogen) atoms. The van der Waals surface area contributed by atoms with Crippen molar-refractivity contribution in [1.82, 2.24) is 0 Å². The molecule has 0 aliphatic carbocycles. The van der Waals surface area contributed by atoms with Gasteiger partial charge in [0.1, 0.15) is 12.4 Å². The average molecular weight is 286 g/mol. The fourth-order valence-electron chi connectivity index (χ4n) is 1.54. The number of ether oxygens (including phenoxy) is 1.